The number of amides is 1. The number of tetrazole rings is 1. The molecule has 3 N–H and O–H groups in total. The lowest BCUT2D eigenvalue weighted by atomic mass is 9.83. The van der Waals surface area contributed by atoms with Crippen LogP contribution < -0.4 is 16.0 Å². The van der Waals surface area contributed by atoms with Crippen LogP contribution in [0.15, 0.2) is 12.1 Å². The van der Waals surface area contributed by atoms with Crippen LogP contribution in [-0.2, 0) is 4.79 Å². The van der Waals surface area contributed by atoms with E-state index in [4.69, 9.17) is 5.73 Å². The van der Waals surface area contributed by atoms with Crippen molar-refractivity contribution < 1.29 is 4.79 Å². The molecule has 1 saturated carbocycles. The predicted octanol–water partition coefficient (Wildman–Crippen LogP) is 1.18. The maximum Gasteiger partial charge on any atom is 0.223 e. The van der Waals surface area contributed by atoms with Gasteiger partial charge < -0.3 is 16.0 Å². The SMILES string of the molecule is Cl.NCC(NC(=O)C1CCN(c2ccc3nnnn3n2)CC1)C1CCCCC1. The van der Waals surface area contributed by atoms with Gasteiger partial charge in [-0.1, -0.05) is 19.3 Å². The Morgan fingerprint density at radius 2 is 1.93 bits per heavy atom. The van der Waals surface area contributed by atoms with Crippen LogP contribution in [0.25, 0.3) is 5.65 Å². The number of halogens is 1. The zero-order chi connectivity index (χ0) is 18.6. The molecule has 1 aliphatic heterocycles. The second-order valence-electron chi connectivity index (χ2n) is 7.73. The van der Waals surface area contributed by atoms with E-state index in [0.717, 1.165) is 31.7 Å². The van der Waals surface area contributed by atoms with E-state index in [1.54, 1.807) is 0 Å². The van der Waals surface area contributed by atoms with Gasteiger partial charge in [-0.15, -0.1) is 27.2 Å². The minimum Gasteiger partial charge on any atom is -0.355 e. The van der Waals surface area contributed by atoms with Crippen LogP contribution in [0.2, 0.25) is 0 Å². The third kappa shape index (κ3) is 4.52. The van der Waals surface area contributed by atoms with E-state index in [0.29, 0.717) is 18.1 Å². The molecule has 1 unspecified atom stereocenters. The monoisotopic (exact) mass is 408 g/mol. The number of carbonyl (C=O) groups is 1. The Hall–Kier alpha value is -2.00. The van der Waals surface area contributed by atoms with E-state index in [9.17, 15) is 4.79 Å². The van der Waals surface area contributed by atoms with E-state index in [1.807, 2.05) is 12.1 Å². The van der Waals surface area contributed by atoms with Crippen LogP contribution in [0, 0.1) is 11.8 Å². The lowest BCUT2D eigenvalue weighted by Gasteiger charge is -2.34. The van der Waals surface area contributed by atoms with Gasteiger partial charge in [-0.25, -0.2) is 0 Å². The van der Waals surface area contributed by atoms with Crippen LogP contribution >= 0.6 is 12.4 Å². The van der Waals surface area contributed by atoms with Gasteiger partial charge in [0.1, 0.15) is 0 Å². The van der Waals surface area contributed by atoms with Gasteiger partial charge in [-0.3, -0.25) is 4.79 Å². The van der Waals surface area contributed by atoms with Crippen LogP contribution in [0.1, 0.15) is 44.9 Å². The number of nitrogens with zero attached hydrogens (tertiary/aromatic N) is 6. The quantitative estimate of drug-likeness (QED) is 0.763. The summed E-state index contributed by atoms with van der Waals surface area (Å²) >= 11 is 0. The van der Waals surface area contributed by atoms with Gasteiger partial charge in [0, 0.05) is 31.6 Å². The molecular weight excluding hydrogens is 380 g/mol. The van der Waals surface area contributed by atoms with Gasteiger partial charge in [0.2, 0.25) is 5.91 Å². The fourth-order valence-electron chi connectivity index (χ4n) is 4.39. The molecular formula is C18H29ClN8O. The Kier molecular flexibility index (Phi) is 7.01. The summed E-state index contributed by atoms with van der Waals surface area (Å²) in [5, 5.41) is 19.0. The highest BCUT2D eigenvalue weighted by Crippen LogP contribution is 2.27. The zero-order valence-corrected chi connectivity index (χ0v) is 16.9. The molecule has 4 rings (SSSR count). The molecule has 10 heteroatoms. The summed E-state index contributed by atoms with van der Waals surface area (Å²) in [6.07, 6.45) is 7.84. The number of rotatable bonds is 5. The standard InChI is InChI=1S/C18H28N8O.ClH/c19-12-15(13-4-2-1-3-5-13)20-18(27)14-8-10-25(11-9-14)17-7-6-16-21-23-24-26(16)22-17;/h6-7,13-15H,1-5,8-12,19H2,(H,20,27);1H. The van der Waals surface area contributed by atoms with E-state index < -0.39 is 0 Å². The van der Waals surface area contributed by atoms with Gasteiger partial charge in [0.15, 0.2) is 11.5 Å². The molecule has 0 bridgehead atoms. The van der Waals surface area contributed by atoms with Crippen molar-refractivity contribution in [3.63, 3.8) is 0 Å². The maximum atomic E-state index is 12.8. The fraction of sp³-hybridized carbons (Fsp3) is 0.722. The van der Waals surface area contributed by atoms with Crippen LogP contribution in [0.3, 0.4) is 0 Å². The number of fused-ring (bicyclic) bond motifs is 1. The average Bonchev–Trinajstić information content (AvgIpc) is 3.20. The number of nitrogens with two attached hydrogens (primary N) is 1. The molecule has 9 nitrogen and oxygen atoms in total. The van der Waals surface area contributed by atoms with E-state index in [1.165, 1.54) is 36.7 Å². The van der Waals surface area contributed by atoms with Gasteiger partial charge in [0.05, 0.1) is 0 Å². The predicted molar refractivity (Wildman–Crippen MR) is 108 cm³/mol. The summed E-state index contributed by atoms with van der Waals surface area (Å²) < 4.78 is 1.43. The number of anilines is 1. The summed E-state index contributed by atoms with van der Waals surface area (Å²) in [4.78, 5) is 14.9. The lowest BCUT2D eigenvalue weighted by Crippen LogP contribution is -2.49. The first-order valence-corrected chi connectivity index (χ1v) is 10.1. The Bertz CT molecular complexity index is 770. The molecule has 1 amide bonds. The Morgan fingerprint density at radius 3 is 2.64 bits per heavy atom. The van der Waals surface area contributed by atoms with Crippen molar-refractivity contribution in [2.75, 3.05) is 24.5 Å². The molecule has 2 aromatic rings. The third-order valence-corrected chi connectivity index (χ3v) is 6.05. The van der Waals surface area contributed by atoms with Gasteiger partial charge >= 0.3 is 0 Å². The zero-order valence-electron chi connectivity index (χ0n) is 16.0. The number of nitrogens with one attached hydrogen (secondary N) is 1. The summed E-state index contributed by atoms with van der Waals surface area (Å²) in [6, 6.07) is 3.91. The molecule has 2 fully saturated rings. The van der Waals surface area contributed by atoms with E-state index in [-0.39, 0.29) is 30.3 Å². The van der Waals surface area contributed by atoms with Crippen molar-refractivity contribution in [3.05, 3.63) is 12.1 Å². The summed E-state index contributed by atoms with van der Waals surface area (Å²) in [5.41, 5.74) is 6.59. The Labute approximate surface area is 170 Å². The molecule has 28 heavy (non-hydrogen) atoms. The molecule has 2 aromatic heterocycles. The topological polar surface area (TPSA) is 114 Å². The molecule has 3 heterocycles. The first-order chi connectivity index (χ1) is 13.2. The number of piperidine rings is 1. The van der Waals surface area contributed by atoms with Crippen LogP contribution in [-0.4, -0.2) is 56.8 Å². The van der Waals surface area contributed by atoms with Crippen molar-refractivity contribution in [1.29, 1.82) is 0 Å². The summed E-state index contributed by atoms with van der Waals surface area (Å²) in [6.45, 7) is 2.13. The van der Waals surface area contributed by atoms with Crippen molar-refractivity contribution in [2.45, 2.75) is 51.0 Å². The minimum absolute atomic E-state index is 0. The highest BCUT2D eigenvalue weighted by atomic mass is 35.5. The van der Waals surface area contributed by atoms with Crippen molar-refractivity contribution in [2.24, 2.45) is 17.6 Å². The third-order valence-electron chi connectivity index (χ3n) is 6.05. The minimum atomic E-state index is 0. The number of hydrogen-bond donors (Lipinski definition) is 2. The van der Waals surface area contributed by atoms with Gasteiger partial charge in [-0.2, -0.15) is 0 Å². The first-order valence-electron chi connectivity index (χ1n) is 10.1. The highest BCUT2D eigenvalue weighted by Gasteiger charge is 2.29. The second kappa shape index (κ2) is 9.47. The fourth-order valence-corrected chi connectivity index (χ4v) is 4.39. The van der Waals surface area contributed by atoms with Crippen LogP contribution in [0.4, 0.5) is 5.82 Å². The Morgan fingerprint density at radius 1 is 1.18 bits per heavy atom. The number of hydrogen-bond acceptors (Lipinski definition) is 7. The first kappa shape index (κ1) is 20.7. The molecule has 0 aromatic carbocycles. The molecule has 0 radical (unpaired) electrons. The van der Waals surface area contributed by atoms with Crippen molar-refractivity contribution >= 4 is 29.8 Å². The van der Waals surface area contributed by atoms with E-state index in [2.05, 4.69) is 30.8 Å². The number of aromatic nitrogens is 5. The normalized spacial score (nSPS) is 20.0. The van der Waals surface area contributed by atoms with Gasteiger partial charge in [-0.05, 0) is 54.2 Å². The Balaban J connectivity index is 0.00000225. The molecule has 2 aliphatic rings. The molecule has 1 saturated heterocycles. The second-order valence-corrected chi connectivity index (χ2v) is 7.73. The number of carbonyl (C=O) groups excluding carboxylic acids is 1. The average molecular weight is 409 g/mol. The lowest BCUT2D eigenvalue weighted by molar-refractivity contribution is -0.126. The molecule has 0 spiro atoms. The van der Waals surface area contributed by atoms with Gasteiger partial charge in [0.25, 0.3) is 0 Å². The molecule has 1 aliphatic carbocycles. The summed E-state index contributed by atoms with van der Waals surface area (Å²) in [7, 11) is 0. The largest absolute Gasteiger partial charge is 0.355 e. The summed E-state index contributed by atoms with van der Waals surface area (Å²) in [5.74, 6) is 1.60. The maximum absolute atomic E-state index is 12.8. The molecule has 1 atom stereocenters. The van der Waals surface area contributed by atoms with Crippen LogP contribution in [0.5, 0.6) is 0 Å². The highest BCUT2D eigenvalue weighted by molar-refractivity contribution is 5.85. The van der Waals surface area contributed by atoms with E-state index >= 15 is 0 Å². The van der Waals surface area contributed by atoms with Crippen molar-refractivity contribution in [1.82, 2.24) is 30.6 Å². The molecule has 154 valence electrons. The smallest absolute Gasteiger partial charge is 0.223 e. The van der Waals surface area contributed by atoms with Crippen molar-refractivity contribution in [3.8, 4) is 0 Å².